The number of carbonyl (C=O) groups excluding carboxylic acids is 1. The molecule has 1 N–H and O–H groups in total. The fourth-order valence-corrected chi connectivity index (χ4v) is 3.72. The first-order valence-electron chi connectivity index (χ1n) is 5.76. The molecule has 1 aromatic heterocycles. The highest BCUT2D eigenvalue weighted by molar-refractivity contribution is 9.11. The number of amides is 1. The van der Waals surface area contributed by atoms with Gasteiger partial charge in [0.15, 0.2) is 5.13 Å². The number of para-hydroxylation sites is 1. The van der Waals surface area contributed by atoms with Gasteiger partial charge in [-0.1, -0.05) is 29.5 Å². The Kier molecular flexibility index (Phi) is 3.87. The number of hydrogen-bond acceptors (Lipinski definition) is 3. The van der Waals surface area contributed by atoms with Gasteiger partial charge in [0, 0.05) is 8.95 Å². The standard InChI is InChI=1S/C14H8Br2N2OS/c15-9-5-2-1-4-8(9)13(19)18-14-17-12-10(16)6-3-7-11(12)20-14/h1-7H,(H,17,18,19). The zero-order chi connectivity index (χ0) is 14.1. The summed E-state index contributed by atoms with van der Waals surface area (Å²) in [6.45, 7) is 0. The van der Waals surface area contributed by atoms with E-state index in [4.69, 9.17) is 0 Å². The average Bonchev–Trinajstić information content (AvgIpc) is 2.83. The molecule has 2 aromatic carbocycles. The van der Waals surface area contributed by atoms with Crippen molar-refractivity contribution < 1.29 is 4.79 Å². The first-order valence-corrected chi connectivity index (χ1v) is 8.16. The van der Waals surface area contributed by atoms with Crippen LogP contribution in [0.4, 0.5) is 5.13 Å². The van der Waals surface area contributed by atoms with E-state index in [1.54, 1.807) is 6.07 Å². The zero-order valence-electron chi connectivity index (χ0n) is 10.1. The summed E-state index contributed by atoms with van der Waals surface area (Å²) in [6.07, 6.45) is 0. The minimum Gasteiger partial charge on any atom is -0.298 e. The number of carbonyl (C=O) groups is 1. The van der Waals surface area contributed by atoms with E-state index in [0.29, 0.717) is 10.7 Å². The average molecular weight is 412 g/mol. The van der Waals surface area contributed by atoms with Gasteiger partial charge in [0.05, 0.1) is 15.8 Å². The van der Waals surface area contributed by atoms with Crippen LogP contribution in [-0.4, -0.2) is 10.9 Å². The predicted molar refractivity (Wildman–Crippen MR) is 89.4 cm³/mol. The number of hydrogen-bond donors (Lipinski definition) is 1. The van der Waals surface area contributed by atoms with Gasteiger partial charge < -0.3 is 0 Å². The molecule has 0 fully saturated rings. The van der Waals surface area contributed by atoms with Crippen molar-refractivity contribution in [1.29, 1.82) is 0 Å². The van der Waals surface area contributed by atoms with Gasteiger partial charge >= 0.3 is 0 Å². The van der Waals surface area contributed by atoms with Crippen molar-refractivity contribution in [2.24, 2.45) is 0 Å². The normalized spacial score (nSPS) is 10.7. The van der Waals surface area contributed by atoms with Crippen molar-refractivity contribution in [2.45, 2.75) is 0 Å². The van der Waals surface area contributed by atoms with Crippen LogP contribution in [0, 0.1) is 0 Å². The Morgan fingerprint density at radius 2 is 1.80 bits per heavy atom. The molecule has 100 valence electrons. The molecule has 0 aliphatic carbocycles. The summed E-state index contributed by atoms with van der Waals surface area (Å²) in [5.74, 6) is -0.173. The molecule has 1 amide bonds. The predicted octanol–water partition coefficient (Wildman–Crippen LogP) is 5.07. The quantitative estimate of drug-likeness (QED) is 0.639. The van der Waals surface area contributed by atoms with Crippen LogP contribution in [0.2, 0.25) is 0 Å². The third-order valence-electron chi connectivity index (χ3n) is 2.71. The number of fused-ring (bicyclic) bond motifs is 1. The Morgan fingerprint density at radius 1 is 1.05 bits per heavy atom. The van der Waals surface area contributed by atoms with Crippen molar-refractivity contribution in [1.82, 2.24) is 4.98 Å². The van der Waals surface area contributed by atoms with Gasteiger partial charge in [-0.15, -0.1) is 0 Å². The lowest BCUT2D eigenvalue weighted by molar-refractivity contribution is 0.102. The molecule has 1 heterocycles. The van der Waals surface area contributed by atoms with Crippen LogP contribution in [0.1, 0.15) is 10.4 Å². The van der Waals surface area contributed by atoms with Crippen LogP contribution >= 0.6 is 43.2 Å². The first-order chi connectivity index (χ1) is 9.65. The van der Waals surface area contributed by atoms with Gasteiger partial charge in [0.1, 0.15) is 0 Å². The van der Waals surface area contributed by atoms with Crippen molar-refractivity contribution in [3.8, 4) is 0 Å². The zero-order valence-corrected chi connectivity index (χ0v) is 14.0. The van der Waals surface area contributed by atoms with E-state index in [9.17, 15) is 4.79 Å². The van der Waals surface area contributed by atoms with E-state index in [1.165, 1.54) is 11.3 Å². The monoisotopic (exact) mass is 410 g/mol. The number of nitrogens with zero attached hydrogens (tertiary/aromatic N) is 1. The molecule has 3 rings (SSSR count). The van der Waals surface area contributed by atoms with Gasteiger partial charge in [0.2, 0.25) is 0 Å². The second-order valence-corrected chi connectivity index (χ2v) is 6.78. The van der Waals surface area contributed by atoms with Crippen molar-refractivity contribution in [2.75, 3.05) is 5.32 Å². The van der Waals surface area contributed by atoms with Gasteiger partial charge in [-0.05, 0) is 56.1 Å². The molecule has 20 heavy (non-hydrogen) atoms. The highest BCUT2D eigenvalue weighted by Crippen LogP contribution is 2.31. The molecule has 0 saturated carbocycles. The van der Waals surface area contributed by atoms with E-state index in [-0.39, 0.29) is 5.91 Å². The smallest absolute Gasteiger partial charge is 0.258 e. The summed E-state index contributed by atoms with van der Waals surface area (Å²) in [5.41, 5.74) is 1.45. The van der Waals surface area contributed by atoms with Crippen molar-refractivity contribution in [3.05, 3.63) is 57.0 Å². The van der Waals surface area contributed by atoms with Gasteiger partial charge in [-0.3, -0.25) is 10.1 Å². The molecule has 6 heteroatoms. The van der Waals surface area contributed by atoms with Crippen LogP contribution in [0.25, 0.3) is 10.2 Å². The van der Waals surface area contributed by atoms with Crippen LogP contribution < -0.4 is 5.32 Å². The maximum absolute atomic E-state index is 12.2. The van der Waals surface area contributed by atoms with Crippen LogP contribution in [0.15, 0.2) is 51.4 Å². The molecule has 0 atom stereocenters. The molecule has 0 saturated heterocycles. The maximum Gasteiger partial charge on any atom is 0.258 e. The van der Waals surface area contributed by atoms with Gasteiger partial charge in [-0.2, -0.15) is 0 Å². The van der Waals surface area contributed by atoms with Crippen molar-refractivity contribution in [3.63, 3.8) is 0 Å². The number of rotatable bonds is 2. The largest absolute Gasteiger partial charge is 0.298 e. The number of benzene rings is 2. The number of halogens is 2. The Balaban J connectivity index is 1.92. The Morgan fingerprint density at radius 3 is 2.55 bits per heavy atom. The molecule has 0 aliphatic rings. The summed E-state index contributed by atoms with van der Waals surface area (Å²) in [7, 11) is 0. The summed E-state index contributed by atoms with van der Waals surface area (Å²) < 4.78 is 2.72. The topological polar surface area (TPSA) is 42.0 Å². The number of nitrogens with one attached hydrogen (secondary N) is 1. The van der Waals surface area contributed by atoms with E-state index < -0.39 is 0 Å². The lowest BCUT2D eigenvalue weighted by atomic mass is 10.2. The minimum atomic E-state index is -0.173. The minimum absolute atomic E-state index is 0.173. The Labute approximate surface area is 136 Å². The molecular weight excluding hydrogens is 404 g/mol. The second-order valence-electron chi connectivity index (χ2n) is 4.04. The highest BCUT2D eigenvalue weighted by atomic mass is 79.9. The SMILES string of the molecule is O=C(Nc1nc2c(Br)cccc2s1)c1ccccc1Br. The lowest BCUT2D eigenvalue weighted by Gasteiger charge is -2.03. The first kappa shape index (κ1) is 13.7. The molecule has 0 aliphatic heterocycles. The van der Waals surface area contributed by atoms with E-state index in [0.717, 1.165) is 19.2 Å². The second kappa shape index (κ2) is 5.63. The molecular formula is C14H8Br2N2OS. The summed E-state index contributed by atoms with van der Waals surface area (Å²) >= 11 is 8.28. The molecule has 0 bridgehead atoms. The third-order valence-corrected chi connectivity index (χ3v) is 4.98. The van der Waals surface area contributed by atoms with E-state index >= 15 is 0 Å². The molecule has 0 radical (unpaired) electrons. The van der Waals surface area contributed by atoms with E-state index in [1.807, 2.05) is 36.4 Å². The number of anilines is 1. The maximum atomic E-state index is 12.2. The van der Waals surface area contributed by atoms with Crippen LogP contribution in [0.5, 0.6) is 0 Å². The summed E-state index contributed by atoms with van der Waals surface area (Å²) in [4.78, 5) is 16.6. The van der Waals surface area contributed by atoms with Gasteiger partial charge in [-0.25, -0.2) is 4.98 Å². The van der Waals surface area contributed by atoms with Crippen LogP contribution in [0.3, 0.4) is 0 Å². The Bertz CT molecular complexity index is 801. The summed E-state index contributed by atoms with van der Waals surface area (Å²) in [6, 6.07) is 13.2. The molecule has 3 aromatic rings. The molecule has 3 nitrogen and oxygen atoms in total. The van der Waals surface area contributed by atoms with Gasteiger partial charge in [0.25, 0.3) is 5.91 Å². The summed E-state index contributed by atoms with van der Waals surface area (Å²) in [5, 5.41) is 3.42. The molecule has 0 unspecified atom stereocenters. The van der Waals surface area contributed by atoms with Crippen molar-refractivity contribution >= 4 is 64.5 Å². The Hall–Kier alpha value is -1.24. The fourth-order valence-electron chi connectivity index (χ4n) is 1.78. The lowest BCUT2D eigenvalue weighted by Crippen LogP contribution is -2.12. The van der Waals surface area contributed by atoms with Crippen LogP contribution in [-0.2, 0) is 0 Å². The molecule has 0 spiro atoms. The number of aromatic nitrogens is 1. The number of thiazole rings is 1. The highest BCUT2D eigenvalue weighted by Gasteiger charge is 2.13. The third kappa shape index (κ3) is 2.63. The fraction of sp³-hybridized carbons (Fsp3) is 0. The van der Waals surface area contributed by atoms with E-state index in [2.05, 4.69) is 42.2 Å².